The van der Waals surface area contributed by atoms with Gasteiger partial charge in [-0.15, -0.1) is 0 Å². The summed E-state index contributed by atoms with van der Waals surface area (Å²) in [6.07, 6.45) is 0. The highest BCUT2D eigenvalue weighted by Gasteiger charge is 2.08. The fourth-order valence-electron chi connectivity index (χ4n) is 0.956. The van der Waals surface area contributed by atoms with Crippen LogP contribution in [0.25, 0.3) is 11.0 Å². The molecule has 5 heteroatoms. The van der Waals surface area contributed by atoms with Crippen LogP contribution in [-0.2, 0) is 0 Å². The quantitative estimate of drug-likeness (QED) is 0.449. The minimum Gasteiger partial charge on any atom is -0.709 e. The van der Waals surface area contributed by atoms with Crippen LogP contribution in [0.2, 0.25) is 5.28 Å². The molecule has 4 nitrogen and oxygen atoms in total. The van der Waals surface area contributed by atoms with Crippen molar-refractivity contribution in [2.24, 2.45) is 0 Å². The van der Waals surface area contributed by atoms with Gasteiger partial charge in [-0.25, -0.2) is 4.73 Å². The van der Waals surface area contributed by atoms with Gasteiger partial charge < -0.3 is 5.21 Å². The van der Waals surface area contributed by atoms with Crippen molar-refractivity contribution in [3.05, 3.63) is 34.8 Å². The van der Waals surface area contributed by atoms with Gasteiger partial charge in [-0.05, 0) is 17.2 Å². The summed E-state index contributed by atoms with van der Waals surface area (Å²) in [5.41, 5.74) is 0.967. The second kappa shape index (κ2) is 2.57. The van der Waals surface area contributed by atoms with E-state index in [1.54, 1.807) is 24.3 Å². The van der Waals surface area contributed by atoms with E-state index in [4.69, 9.17) is 11.6 Å². The smallest absolute Gasteiger partial charge is 0.425 e. The third-order valence-electron chi connectivity index (χ3n) is 1.51. The topological polar surface area (TPSA) is 52.7 Å². The van der Waals surface area contributed by atoms with Crippen LogP contribution in [0.4, 0.5) is 0 Å². The van der Waals surface area contributed by atoms with Gasteiger partial charge in [0.2, 0.25) is 0 Å². The Morgan fingerprint density at radius 2 is 2.00 bits per heavy atom. The first-order valence-electron chi connectivity index (χ1n) is 3.29. The first-order chi connectivity index (χ1) is 5.79. The summed E-state index contributed by atoms with van der Waals surface area (Å²) in [7, 11) is 0. The lowest BCUT2D eigenvalue weighted by molar-refractivity contribution is -0.578. The van der Waals surface area contributed by atoms with E-state index in [0.717, 1.165) is 0 Å². The van der Waals surface area contributed by atoms with Crippen LogP contribution in [0.15, 0.2) is 24.3 Å². The number of fused-ring (bicyclic) bond motifs is 1. The second-order valence-corrected chi connectivity index (χ2v) is 2.59. The highest BCUT2D eigenvalue weighted by molar-refractivity contribution is 6.27. The van der Waals surface area contributed by atoms with E-state index in [2.05, 4.69) is 10.2 Å². The molecule has 0 bridgehead atoms. The third-order valence-corrected chi connectivity index (χ3v) is 1.74. The number of halogens is 1. The minimum atomic E-state index is -0.159. The lowest BCUT2D eigenvalue weighted by Crippen LogP contribution is -2.30. The predicted molar refractivity (Wildman–Crippen MR) is 43.5 cm³/mol. The minimum absolute atomic E-state index is 0.159. The predicted octanol–water partition coefficient (Wildman–Crippen LogP) is 0.917. The number of benzene rings is 1. The third kappa shape index (κ3) is 0.967. The maximum absolute atomic E-state index is 11.2. The summed E-state index contributed by atoms with van der Waals surface area (Å²) in [6.45, 7) is 0. The van der Waals surface area contributed by atoms with Gasteiger partial charge in [-0.1, -0.05) is 12.1 Å². The Morgan fingerprint density at radius 3 is 2.83 bits per heavy atom. The molecule has 0 N–H and O–H groups in total. The van der Waals surface area contributed by atoms with Gasteiger partial charge in [-0.3, -0.25) is 0 Å². The van der Waals surface area contributed by atoms with E-state index in [9.17, 15) is 5.21 Å². The summed E-state index contributed by atoms with van der Waals surface area (Å²) in [4.78, 5) is 0. The normalized spacial score (nSPS) is 10.4. The highest BCUT2D eigenvalue weighted by Crippen LogP contribution is 2.06. The van der Waals surface area contributed by atoms with Gasteiger partial charge >= 0.3 is 5.28 Å². The Balaban J connectivity index is 2.91. The van der Waals surface area contributed by atoms with Crippen LogP contribution >= 0.6 is 11.6 Å². The second-order valence-electron chi connectivity index (χ2n) is 2.25. The molecule has 2 rings (SSSR count). The molecule has 0 atom stereocenters. The SMILES string of the molecule is [O-][n+]1c(Cl)nnc2ccccc21. The number of rotatable bonds is 0. The number of aromatic nitrogens is 3. The Labute approximate surface area is 73.0 Å². The summed E-state index contributed by atoms with van der Waals surface area (Å²) in [6, 6.07) is 6.87. The van der Waals surface area contributed by atoms with Crippen molar-refractivity contribution in [3.63, 3.8) is 0 Å². The fraction of sp³-hybridized carbons (Fsp3) is 0. The first kappa shape index (κ1) is 7.24. The average molecular weight is 182 g/mol. The lowest BCUT2D eigenvalue weighted by Gasteiger charge is -2.02. The summed E-state index contributed by atoms with van der Waals surface area (Å²) >= 11 is 5.46. The van der Waals surface area contributed by atoms with Crippen molar-refractivity contribution in [2.45, 2.75) is 0 Å². The highest BCUT2D eigenvalue weighted by atomic mass is 35.5. The maximum Gasteiger partial charge on any atom is 0.425 e. The molecule has 0 aliphatic heterocycles. The van der Waals surface area contributed by atoms with Gasteiger partial charge in [0.1, 0.15) is 0 Å². The van der Waals surface area contributed by atoms with Crippen LogP contribution in [0.3, 0.4) is 0 Å². The Kier molecular flexibility index (Phi) is 1.55. The van der Waals surface area contributed by atoms with Gasteiger partial charge in [0.05, 0.1) is 5.10 Å². The zero-order valence-corrected chi connectivity index (χ0v) is 6.69. The molecular weight excluding hydrogens is 178 g/mol. The van der Waals surface area contributed by atoms with Crippen LogP contribution in [-0.4, -0.2) is 10.2 Å². The van der Waals surface area contributed by atoms with Crippen molar-refractivity contribution in [2.75, 3.05) is 0 Å². The molecule has 0 saturated carbocycles. The maximum atomic E-state index is 11.2. The van der Waals surface area contributed by atoms with Crippen molar-refractivity contribution < 1.29 is 4.73 Å². The molecule has 0 radical (unpaired) electrons. The molecule has 1 heterocycles. The standard InChI is InChI=1S/C7H4ClN3O/c8-7-10-9-5-3-1-2-4-6(5)11(7)12/h1-4H. The van der Waals surface area contributed by atoms with Crippen LogP contribution < -0.4 is 4.73 Å². The lowest BCUT2D eigenvalue weighted by atomic mass is 10.3. The first-order valence-corrected chi connectivity index (χ1v) is 3.67. The molecule has 2 aromatic rings. The molecule has 12 heavy (non-hydrogen) atoms. The number of nitrogens with zero attached hydrogens (tertiary/aromatic N) is 3. The van der Waals surface area contributed by atoms with Crippen LogP contribution in [0, 0.1) is 5.21 Å². The molecule has 0 saturated heterocycles. The van der Waals surface area contributed by atoms with E-state index in [-0.39, 0.29) is 5.28 Å². The summed E-state index contributed by atoms with van der Waals surface area (Å²) in [5.74, 6) is 0. The molecule has 1 aromatic heterocycles. The van der Waals surface area contributed by atoms with Crippen LogP contribution in [0.1, 0.15) is 0 Å². The van der Waals surface area contributed by atoms with E-state index < -0.39 is 0 Å². The molecular formula is C7H4ClN3O. The molecule has 1 aromatic carbocycles. The van der Waals surface area contributed by atoms with Gasteiger partial charge in [0.25, 0.3) is 0 Å². The van der Waals surface area contributed by atoms with Crippen molar-refractivity contribution in [1.29, 1.82) is 0 Å². The van der Waals surface area contributed by atoms with E-state index >= 15 is 0 Å². The average Bonchev–Trinajstić information content (AvgIpc) is 2.12. The van der Waals surface area contributed by atoms with E-state index in [1.807, 2.05) is 0 Å². The van der Waals surface area contributed by atoms with Crippen molar-refractivity contribution >= 4 is 22.6 Å². The largest absolute Gasteiger partial charge is 0.709 e. The molecule has 0 fully saturated rings. The molecule has 0 aliphatic carbocycles. The van der Waals surface area contributed by atoms with Gasteiger partial charge in [-0.2, -0.15) is 0 Å². The van der Waals surface area contributed by atoms with E-state index in [0.29, 0.717) is 15.8 Å². The Hall–Kier alpha value is -1.42. The number of para-hydroxylation sites is 1. The number of hydrogen-bond donors (Lipinski definition) is 0. The Bertz CT molecular complexity index is 432. The monoisotopic (exact) mass is 181 g/mol. The van der Waals surface area contributed by atoms with E-state index in [1.165, 1.54) is 0 Å². The Morgan fingerprint density at radius 1 is 1.25 bits per heavy atom. The molecule has 0 aliphatic rings. The fourth-order valence-corrected chi connectivity index (χ4v) is 1.08. The van der Waals surface area contributed by atoms with Gasteiger partial charge in [0, 0.05) is 11.6 Å². The van der Waals surface area contributed by atoms with Crippen LogP contribution in [0.5, 0.6) is 0 Å². The van der Waals surface area contributed by atoms with Gasteiger partial charge in [0.15, 0.2) is 11.0 Å². The zero-order valence-electron chi connectivity index (χ0n) is 5.94. The molecule has 0 unspecified atom stereocenters. The van der Waals surface area contributed by atoms with Crippen molar-refractivity contribution in [3.8, 4) is 0 Å². The zero-order chi connectivity index (χ0) is 8.55. The molecule has 0 amide bonds. The summed E-state index contributed by atoms with van der Waals surface area (Å²) in [5, 5.41) is 18.3. The van der Waals surface area contributed by atoms with Crippen molar-refractivity contribution in [1.82, 2.24) is 10.2 Å². The number of hydrogen-bond acceptors (Lipinski definition) is 3. The molecule has 60 valence electrons. The molecule has 0 spiro atoms. The summed E-state index contributed by atoms with van der Waals surface area (Å²) < 4.78 is 0.546.